The Balaban J connectivity index is 1.95. The van der Waals surface area contributed by atoms with Crippen molar-refractivity contribution in [3.05, 3.63) is 34.9 Å². The van der Waals surface area contributed by atoms with Gasteiger partial charge in [0.2, 0.25) is 0 Å². The van der Waals surface area contributed by atoms with Crippen molar-refractivity contribution in [3.63, 3.8) is 0 Å². The molecule has 0 saturated heterocycles. The Labute approximate surface area is 116 Å². The van der Waals surface area contributed by atoms with Crippen LogP contribution < -0.4 is 5.32 Å². The largest absolute Gasteiger partial charge is 0.307 e. The van der Waals surface area contributed by atoms with Gasteiger partial charge in [-0.25, -0.2) is 0 Å². The zero-order valence-electron chi connectivity index (χ0n) is 11.5. The smallest absolute Gasteiger partial charge is 0.0453 e. The second-order valence-corrected chi connectivity index (χ2v) is 5.95. The van der Waals surface area contributed by atoms with Crippen LogP contribution in [0.3, 0.4) is 0 Å². The Morgan fingerprint density at radius 2 is 2.11 bits per heavy atom. The van der Waals surface area contributed by atoms with E-state index in [-0.39, 0.29) is 0 Å². The van der Waals surface area contributed by atoms with E-state index in [9.17, 15) is 0 Å². The Morgan fingerprint density at radius 3 is 2.83 bits per heavy atom. The second-order valence-electron chi connectivity index (χ2n) is 5.55. The van der Waals surface area contributed by atoms with Crippen LogP contribution in [0.25, 0.3) is 0 Å². The molecule has 0 heterocycles. The molecule has 18 heavy (non-hydrogen) atoms. The second kappa shape index (κ2) is 6.58. The van der Waals surface area contributed by atoms with E-state index in [1.807, 2.05) is 12.1 Å². The van der Waals surface area contributed by atoms with Crippen LogP contribution in [0, 0.1) is 5.92 Å². The standard InChI is InChI=1S/C16H24ClN/c1-3-13-7-6-8-14(11-13)18-12(2)15-9-4-5-10-16(15)17/h4-5,9-10,12-14,18H,3,6-8,11H2,1-2H3. The SMILES string of the molecule is CCC1CCCC(NC(C)c2ccccc2Cl)C1. The molecule has 3 atom stereocenters. The molecule has 2 heteroatoms. The number of nitrogens with one attached hydrogen (secondary N) is 1. The molecule has 0 bridgehead atoms. The Morgan fingerprint density at radius 1 is 1.33 bits per heavy atom. The van der Waals surface area contributed by atoms with Gasteiger partial charge in [0, 0.05) is 17.1 Å². The van der Waals surface area contributed by atoms with Crippen molar-refractivity contribution in [2.75, 3.05) is 0 Å². The van der Waals surface area contributed by atoms with Crippen LogP contribution in [0.5, 0.6) is 0 Å². The number of hydrogen-bond donors (Lipinski definition) is 1. The lowest BCUT2D eigenvalue weighted by atomic mass is 9.84. The van der Waals surface area contributed by atoms with E-state index in [0.29, 0.717) is 12.1 Å². The van der Waals surface area contributed by atoms with Crippen molar-refractivity contribution in [2.45, 2.75) is 58.0 Å². The van der Waals surface area contributed by atoms with Crippen LogP contribution in [0.2, 0.25) is 5.02 Å². The van der Waals surface area contributed by atoms with Crippen molar-refractivity contribution in [3.8, 4) is 0 Å². The molecule has 2 rings (SSSR count). The first-order chi connectivity index (χ1) is 8.70. The van der Waals surface area contributed by atoms with Gasteiger partial charge in [-0.1, -0.05) is 56.0 Å². The molecule has 0 aromatic heterocycles. The number of rotatable bonds is 4. The van der Waals surface area contributed by atoms with Crippen LogP contribution in [0.1, 0.15) is 57.6 Å². The fraction of sp³-hybridized carbons (Fsp3) is 0.625. The average molecular weight is 266 g/mol. The van der Waals surface area contributed by atoms with Crippen LogP contribution in [0.15, 0.2) is 24.3 Å². The first-order valence-electron chi connectivity index (χ1n) is 7.21. The first-order valence-corrected chi connectivity index (χ1v) is 7.59. The molecule has 0 amide bonds. The van der Waals surface area contributed by atoms with Gasteiger partial charge in [-0.2, -0.15) is 0 Å². The Kier molecular flexibility index (Phi) is 5.08. The van der Waals surface area contributed by atoms with Crippen molar-refractivity contribution in [2.24, 2.45) is 5.92 Å². The molecule has 100 valence electrons. The molecule has 1 saturated carbocycles. The zero-order valence-corrected chi connectivity index (χ0v) is 12.2. The molecule has 0 spiro atoms. The predicted octanol–water partition coefficient (Wildman–Crippen LogP) is 4.96. The van der Waals surface area contributed by atoms with Crippen LogP contribution in [-0.2, 0) is 0 Å². The molecular formula is C16H24ClN. The highest BCUT2D eigenvalue weighted by Crippen LogP contribution is 2.29. The lowest BCUT2D eigenvalue weighted by Gasteiger charge is -2.31. The third-order valence-corrected chi connectivity index (χ3v) is 4.56. The maximum atomic E-state index is 6.25. The van der Waals surface area contributed by atoms with Gasteiger partial charge in [-0.3, -0.25) is 0 Å². The van der Waals surface area contributed by atoms with E-state index in [2.05, 4.69) is 31.3 Å². The highest BCUT2D eigenvalue weighted by molar-refractivity contribution is 6.31. The summed E-state index contributed by atoms with van der Waals surface area (Å²) in [4.78, 5) is 0. The summed E-state index contributed by atoms with van der Waals surface area (Å²) < 4.78 is 0. The summed E-state index contributed by atoms with van der Waals surface area (Å²) in [6.07, 6.45) is 6.73. The molecule has 1 aliphatic carbocycles. The highest BCUT2D eigenvalue weighted by Gasteiger charge is 2.22. The summed E-state index contributed by atoms with van der Waals surface area (Å²) in [7, 11) is 0. The van der Waals surface area contributed by atoms with Gasteiger partial charge in [-0.15, -0.1) is 0 Å². The van der Waals surface area contributed by atoms with Gasteiger partial charge < -0.3 is 5.32 Å². The quantitative estimate of drug-likeness (QED) is 0.811. The minimum Gasteiger partial charge on any atom is -0.307 e. The van der Waals surface area contributed by atoms with Crippen molar-refractivity contribution < 1.29 is 0 Å². The molecule has 1 nitrogen and oxygen atoms in total. The lowest BCUT2D eigenvalue weighted by molar-refractivity contribution is 0.266. The average Bonchev–Trinajstić information content (AvgIpc) is 2.39. The van der Waals surface area contributed by atoms with Gasteiger partial charge in [0.05, 0.1) is 0 Å². The Hall–Kier alpha value is -0.530. The van der Waals surface area contributed by atoms with E-state index in [1.165, 1.54) is 37.7 Å². The van der Waals surface area contributed by atoms with Crippen molar-refractivity contribution >= 4 is 11.6 Å². The van der Waals surface area contributed by atoms with Gasteiger partial charge in [0.1, 0.15) is 0 Å². The van der Waals surface area contributed by atoms with E-state index in [4.69, 9.17) is 11.6 Å². The molecule has 0 aliphatic heterocycles. The predicted molar refractivity (Wildman–Crippen MR) is 79.0 cm³/mol. The number of benzene rings is 1. The van der Waals surface area contributed by atoms with E-state index in [1.54, 1.807) is 0 Å². The van der Waals surface area contributed by atoms with Gasteiger partial charge in [0.15, 0.2) is 0 Å². The first kappa shape index (κ1) is 13.9. The third kappa shape index (κ3) is 3.49. The molecular weight excluding hydrogens is 242 g/mol. The molecule has 3 unspecified atom stereocenters. The van der Waals surface area contributed by atoms with E-state index in [0.717, 1.165) is 10.9 Å². The van der Waals surface area contributed by atoms with E-state index >= 15 is 0 Å². The fourth-order valence-electron chi connectivity index (χ4n) is 3.08. The van der Waals surface area contributed by atoms with Crippen LogP contribution in [0.4, 0.5) is 0 Å². The lowest BCUT2D eigenvalue weighted by Crippen LogP contribution is -2.35. The fourth-order valence-corrected chi connectivity index (χ4v) is 3.38. The van der Waals surface area contributed by atoms with Crippen molar-refractivity contribution in [1.29, 1.82) is 0 Å². The molecule has 1 aliphatic rings. The maximum absolute atomic E-state index is 6.25. The molecule has 1 fully saturated rings. The van der Waals surface area contributed by atoms with Gasteiger partial charge >= 0.3 is 0 Å². The summed E-state index contributed by atoms with van der Waals surface area (Å²) in [5.74, 6) is 0.912. The van der Waals surface area contributed by atoms with Crippen LogP contribution in [-0.4, -0.2) is 6.04 Å². The Bertz CT molecular complexity index is 377. The zero-order chi connectivity index (χ0) is 13.0. The third-order valence-electron chi connectivity index (χ3n) is 4.22. The molecule has 1 aromatic carbocycles. The maximum Gasteiger partial charge on any atom is 0.0453 e. The molecule has 1 N–H and O–H groups in total. The van der Waals surface area contributed by atoms with Crippen molar-refractivity contribution in [1.82, 2.24) is 5.32 Å². The molecule has 0 radical (unpaired) electrons. The highest BCUT2D eigenvalue weighted by atomic mass is 35.5. The van der Waals surface area contributed by atoms with Gasteiger partial charge in [0.25, 0.3) is 0 Å². The summed E-state index contributed by atoms with van der Waals surface area (Å²) in [6.45, 7) is 4.53. The number of halogens is 1. The summed E-state index contributed by atoms with van der Waals surface area (Å²) in [5, 5.41) is 4.63. The van der Waals surface area contributed by atoms with E-state index < -0.39 is 0 Å². The normalized spacial score (nSPS) is 25.9. The number of hydrogen-bond acceptors (Lipinski definition) is 1. The topological polar surface area (TPSA) is 12.0 Å². The monoisotopic (exact) mass is 265 g/mol. The summed E-state index contributed by atoms with van der Waals surface area (Å²) >= 11 is 6.25. The van der Waals surface area contributed by atoms with Crippen LogP contribution >= 0.6 is 11.6 Å². The minimum atomic E-state index is 0.347. The summed E-state index contributed by atoms with van der Waals surface area (Å²) in [5.41, 5.74) is 1.22. The minimum absolute atomic E-state index is 0.347. The molecule has 1 aromatic rings. The van der Waals surface area contributed by atoms with Gasteiger partial charge in [-0.05, 0) is 37.3 Å². The summed E-state index contributed by atoms with van der Waals surface area (Å²) in [6, 6.07) is 9.17.